The first kappa shape index (κ1) is 11.7. The van der Waals surface area contributed by atoms with Gasteiger partial charge in [0.1, 0.15) is 0 Å². The fraction of sp³-hybridized carbons (Fsp3) is 1.00. The summed E-state index contributed by atoms with van der Waals surface area (Å²) in [7, 11) is 0. The third-order valence-corrected chi connectivity index (χ3v) is 2.35. The Bertz CT molecular complexity index is 102. The fourth-order valence-electron chi connectivity index (χ4n) is 1.17. The smallest absolute Gasteiger partial charge is 0.0486 e. The third-order valence-electron chi connectivity index (χ3n) is 1.81. The summed E-state index contributed by atoms with van der Waals surface area (Å²) >= 11 is 5.82. The van der Waals surface area contributed by atoms with Gasteiger partial charge in [0.15, 0.2) is 0 Å². The molecule has 0 aromatic carbocycles. The summed E-state index contributed by atoms with van der Waals surface area (Å²) in [5.41, 5.74) is 13.0. The van der Waals surface area contributed by atoms with E-state index in [4.69, 9.17) is 23.1 Å². The molecule has 57 valence electrons. The van der Waals surface area contributed by atoms with Gasteiger partial charge in [-0.05, 0) is 6.42 Å². The monoisotopic (exact) mass is 374 g/mol. The second-order valence-electron chi connectivity index (χ2n) is 2.69. The van der Waals surface area contributed by atoms with Gasteiger partial charge in [0.05, 0.1) is 0 Å². The maximum Gasteiger partial charge on any atom is 0.0486 e. The Morgan fingerprint density at radius 3 is 2.40 bits per heavy atom. The SMILES string of the molecule is [Ac].[NH-]C1CCC(Cl)C(N)C1. The van der Waals surface area contributed by atoms with Gasteiger partial charge < -0.3 is 11.5 Å². The molecular weight excluding hydrogens is 363 g/mol. The van der Waals surface area contributed by atoms with Gasteiger partial charge in [-0.25, -0.2) is 0 Å². The number of nitrogens with one attached hydrogen (secondary N) is 1. The molecule has 3 unspecified atom stereocenters. The molecule has 0 amide bonds. The van der Waals surface area contributed by atoms with E-state index >= 15 is 0 Å². The van der Waals surface area contributed by atoms with Crippen molar-refractivity contribution in [2.45, 2.75) is 36.7 Å². The van der Waals surface area contributed by atoms with E-state index < -0.39 is 0 Å². The van der Waals surface area contributed by atoms with Crippen LogP contribution >= 0.6 is 11.6 Å². The van der Waals surface area contributed by atoms with Gasteiger partial charge in [-0.2, -0.15) is 0 Å². The molecule has 4 heteroatoms. The summed E-state index contributed by atoms with van der Waals surface area (Å²) in [6.07, 6.45) is 2.60. The van der Waals surface area contributed by atoms with Crippen molar-refractivity contribution in [3.05, 3.63) is 5.73 Å². The van der Waals surface area contributed by atoms with Gasteiger partial charge in [-0.3, -0.25) is 0 Å². The summed E-state index contributed by atoms with van der Waals surface area (Å²) < 4.78 is 0. The molecule has 3 N–H and O–H groups in total. The summed E-state index contributed by atoms with van der Waals surface area (Å²) in [5, 5.41) is 0.117. The van der Waals surface area contributed by atoms with Gasteiger partial charge in [0.25, 0.3) is 0 Å². The Hall–Kier alpha value is 1.65. The Labute approximate surface area is 103 Å². The molecule has 10 heavy (non-hydrogen) atoms. The normalized spacial score (nSPS) is 40.5. The average Bonchev–Trinajstić information content (AvgIpc) is 1.80. The van der Waals surface area contributed by atoms with Gasteiger partial charge in [0, 0.05) is 55.5 Å². The minimum absolute atomic E-state index is 0. The summed E-state index contributed by atoms with van der Waals surface area (Å²) in [4.78, 5) is 0. The van der Waals surface area contributed by atoms with Crippen LogP contribution in [0.3, 0.4) is 0 Å². The number of hydrogen-bond acceptors (Lipinski definition) is 1. The second-order valence-corrected chi connectivity index (χ2v) is 3.25. The van der Waals surface area contributed by atoms with E-state index in [1.54, 1.807) is 0 Å². The van der Waals surface area contributed by atoms with Crippen LogP contribution in [0.25, 0.3) is 5.73 Å². The maximum atomic E-state index is 7.35. The minimum atomic E-state index is 0. The van der Waals surface area contributed by atoms with E-state index in [0.29, 0.717) is 0 Å². The number of alkyl halides is 1. The molecule has 1 fully saturated rings. The summed E-state index contributed by atoms with van der Waals surface area (Å²) in [5.74, 6) is 0. The van der Waals surface area contributed by atoms with Crippen molar-refractivity contribution in [2.24, 2.45) is 5.73 Å². The largest absolute Gasteiger partial charge is 0.675 e. The molecule has 0 aliphatic heterocycles. The molecule has 0 heterocycles. The molecule has 0 bridgehead atoms. The predicted octanol–water partition coefficient (Wildman–Crippen LogP) is 1.53. The molecule has 3 atom stereocenters. The first-order chi connectivity index (χ1) is 4.20. The molecule has 0 aromatic rings. The van der Waals surface area contributed by atoms with Gasteiger partial charge in [0.2, 0.25) is 0 Å². The van der Waals surface area contributed by atoms with Crippen LogP contribution in [-0.4, -0.2) is 17.5 Å². The molecule has 1 rings (SSSR count). The van der Waals surface area contributed by atoms with Crippen molar-refractivity contribution >= 4 is 11.6 Å². The maximum absolute atomic E-state index is 7.35. The van der Waals surface area contributed by atoms with Crippen molar-refractivity contribution < 1.29 is 44.1 Å². The second kappa shape index (κ2) is 5.32. The molecular formula is C6H12AcClN2-. The van der Waals surface area contributed by atoms with Crippen LogP contribution in [0.5, 0.6) is 0 Å². The quantitative estimate of drug-likeness (QED) is 0.642. The Morgan fingerprint density at radius 2 is 2.00 bits per heavy atom. The Kier molecular flexibility index (Phi) is 6.20. The zero-order valence-electron chi connectivity index (χ0n) is 5.89. The van der Waals surface area contributed by atoms with Crippen LogP contribution in [0.4, 0.5) is 0 Å². The van der Waals surface area contributed by atoms with Crippen molar-refractivity contribution in [2.75, 3.05) is 0 Å². The van der Waals surface area contributed by atoms with E-state index in [1.165, 1.54) is 0 Å². The van der Waals surface area contributed by atoms with Crippen molar-refractivity contribution in [3.8, 4) is 0 Å². The fourth-order valence-corrected chi connectivity index (χ4v) is 1.40. The number of halogens is 1. The average molecular weight is 375 g/mol. The summed E-state index contributed by atoms with van der Waals surface area (Å²) in [6, 6.07) is 0.0953. The van der Waals surface area contributed by atoms with Gasteiger partial charge in [-0.1, -0.05) is 12.8 Å². The van der Waals surface area contributed by atoms with Gasteiger partial charge >= 0.3 is 0 Å². The van der Waals surface area contributed by atoms with E-state index in [2.05, 4.69) is 0 Å². The van der Waals surface area contributed by atoms with Crippen LogP contribution in [0.15, 0.2) is 0 Å². The Morgan fingerprint density at radius 1 is 1.40 bits per heavy atom. The first-order valence-electron chi connectivity index (χ1n) is 3.31. The number of nitrogens with two attached hydrogens (primary N) is 1. The standard InChI is InChI=1S/C6H12ClN2.Ac/c7-5-2-1-4(8)3-6(5)9;/h4-6,8H,1-3,9H2;/q-1;. The zero-order chi connectivity index (χ0) is 6.85. The molecule has 0 saturated heterocycles. The van der Waals surface area contributed by atoms with E-state index in [1.807, 2.05) is 0 Å². The van der Waals surface area contributed by atoms with Crippen LogP contribution < -0.4 is 5.73 Å². The van der Waals surface area contributed by atoms with Crippen LogP contribution in [0, 0.1) is 44.1 Å². The number of rotatable bonds is 0. The molecule has 1 saturated carbocycles. The Balaban J connectivity index is 0.000000810. The molecule has 1 aliphatic rings. The molecule has 1 radical (unpaired) electrons. The minimum Gasteiger partial charge on any atom is -0.675 e. The molecule has 1 aliphatic carbocycles. The zero-order valence-corrected chi connectivity index (χ0v) is 11.4. The molecule has 0 aromatic heterocycles. The third kappa shape index (κ3) is 3.37. The van der Waals surface area contributed by atoms with Crippen molar-refractivity contribution in [3.63, 3.8) is 0 Å². The van der Waals surface area contributed by atoms with E-state index in [0.717, 1.165) is 19.3 Å². The topological polar surface area (TPSA) is 49.8 Å². The summed E-state index contributed by atoms with van der Waals surface area (Å²) in [6.45, 7) is 0. The van der Waals surface area contributed by atoms with E-state index in [-0.39, 0.29) is 61.5 Å². The van der Waals surface area contributed by atoms with Crippen LogP contribution in [-0.2, 0) is 0 Å². The molecule has 0 spiro atoms. The van der Waals surface area contributed by atoms with Crippen LogP contribution in [0.2, 0.25) is 0 Å². The van der Waals surface area contributed by atoms with E-state index in [9.17, 15) is 0 Å². The van der Waals surface area contributed by atoms with Crippen LogP contribution in [0.1, 0.15) is 19.3 Å². The predicted molar refractivity (Wildman–Crippen MR) is 39.6 cm³/mol. The first-order valence-corrected chi connectivity index (χ1v) is 3.74. The van der Waals surface area contributed by atoms with Gasteiger partial charge in [-0.15, -0.1) is 17.6 Å². The van der Waals surface area contributed by atoms with Crippen molar-refractivity contribution in [1.29, 1.82) is 0 Å². The number of hydrogen-bond donors (Lipinski definition) is 1. The van der Waals surface area contributed by atoms with Crippen molar-refractivity contribution in [1.82, 2.24) is 0 Å². The molecule has 2 nitrogen and oxygen atoms in total.